The Morgan fingerprint density at radius 1 is 1.33 bits per heavy atom. The zero-order valence-electron chi connectivity index (χ0n) is 7.71. The van der Waals surface area contributed by atoms with Crippen LogP contribution in [0, 0.1) is 0 Å². The van der Waals surface area contributed by atoms with Crippen molar-refractivity contribution in [3.8, 4) is 0 Å². The van der Waals surface area contributed by atoms with Gasteiger partial charge in [0.05, 0.1) is 5.57 Å². The average Bonchev–Trinajstić information content (AvgIpc) is 2.87. The van der Waals surface area contributed by atoms with Gasteiger partial charge in [-0.05, 0) is 39.9 Å². The molecule has 2 rings (SSSR count). The van der Waals surface area contributed by atoms with E-state index in [1.54, 1.807) is 17.4 Å². The minimum Gasteiger partial charge on any atom is -0.478 e. The van der Waals surface area contributed by atoms with Crippen molar-refractivity contribution < 1.29 is 9.90 Å². The van der Waals surface area contributed by atoms with E-state index in [4.69, 9.17) is 5.11 Å². The standard InChI is InChI=1S/C11H8O2S2/c12-11(13)9(10-2-1-4-15-10)6-8-3-5-14-7-8/h1-7H,(H,12,13)/b9-6-. The lowest BCUT2D eigenvalue weighted by molar-refractivity contribution is -0.130. The second kappa shape index (κ2) is 4.42. The summed E-state index contributed by atoms with van der Waals surface area (Å²) < 4.78 is 0. The molecule has 0 saturated heterocycles. The molecule has 2 aromatic heterocycles. The van der Waals surface area contributed by atoms with Crippen molar-refractivity contribution in [3.05, 3.63) is 44.8 Å². The van der Waals surface area contributed by atoms with Crippen molar-refractivity contribution in [2.75, 3.05) is 0 Å². The first-order valence-corrected chi connectivity index (χ1v) is 6.10. The number of rotatable bonds is 3. The monoisotopic (exact) mass is 236 g/mol. The third kappa shape index (κ3) is 2.34. The molecule has 2 nitrogen and oxygen atoms in total. The smallest absolute Gasteiger partial charge is 0.337 e. The summed E-state index contributed by atoms with van der Waals surface area (Å²) in [4.78, 5) is 11.9. The van der Waals surface area contributed by atoms with Gasteiger partial charge in [-0.2, -0.15) is 11.3 Å². The van der Waals surface area contributed by atoms with Gasteiger partial charge in [0.1, 0.15) is 0 Å². The first-order chi connectivity index (χ1) is 7.27. The molecule has 2 aromatic rings. The molecule has 0 aliphatic heterocycles. The second-order valence-corrected chi connectivity index (χ2v) is 4.62. The van der Waals surface area contributed by atoms with Crippen LogP contribution in [-0.2, 0) is 4.79 Å². The fourth-order valence-corrected chi connectivity index (χ4v) is 2.55. The van der Waals surface area contributed by atoms with Gasteiger partial charge in [-0.3, -0.25) is 0 Å². The predicted molar refractivity (Wildman–Crippen MR) is 64.1 cm³/mol. The van der Waals surface area contributed by atoms with Gasteiger partial charge in [0, 0.05) is 4.88 Å². The number of carboxylic acid groups (broad SMARTS) is 1. The molecule has 0 spiro atoms. The number of aliphatic carboxylic acids is 1. The van der Waals surface area contributed by atoms with Crippen molar-refractivity contribution in [1.82, 2.24) is 0 Å². The molecule has 0 radical (unpaired) electrons. The molecule has 0 unspecified atom stereocenters. The van der Waals surface area contributed by atoms with Crippen LogP contribution in [0.4, 0.5) is 0 Å². The highest BCUT2D eigenvalue weighted by Crippen LogP contribution is 2.23. The molecule has 1 N–H and O–H groups in total. The maximum Gasteiger partial charge on any atom is 0.337 e. The van der Waals surface area contributed by atoms with Crippen LogP contribution in [0.5, 0.6) is 0 Å². The first-order valence-electron chi connectivity index (χ1n) is 4.28. The molecule has 0 fully saturated rings. The summed E-state index contributed by atoms with van der Waals surface area (Å²) in [6.07, 6.45) is 1.70. The number of hydrogen-bond acceptors (Lipinski definition) is 3. The summed E-state index contributed by atoms with van der Waals surface area (Å²) in [5, 5.41) is 14.8. The Morgan fingerprint density at radius 3 is 2.73 bits per heavy atom. The molecule has 15 heavy (non-hydrogen) atoms. The van der Waals surface area contributed by atoms with Gasteiger partial charge in [0.2, 0.25) is 0 Å². The van der Waals surface area contributed by atoms with E-state index in [-0.39, 0.29) is 0 Å². The summed E-state index contributed by atoms with van der Waals surface area (Å²) >= 11 is 2.99. The second-order valence-electron chi connectivity index (χ2n) is 2.90. The molecular formula is C11H8O2S2. The number of carbonyl (C=O) groups is 1. The number of hydrogen-bond donors (Lipinski definition) is 1. The van der Waals surface area contributed by atoms with Crippen LogP contribution in [-0.4, -0.2) is 11.1 Å². The topological polar surface area (TPSA) is 37.3 Å². The molecule has 0 saturated carbocycles. The highest BCUT2D eigenvalue weighted by Gasteiger charge is 2.11. The van der Waals surface area contributed by atoms with Crippen LogP contribution in [0.3, 0.4) is 0 Å². The van der Waals surface area contributed by atoms with Crippen LogP contribution in [0.1, 0.15) is 10.4 Å². The van der Waals surface area contributed by atoms with Crippen molar-refractivity contribution in [2.45, 2.75) is 0 Å². The zero-order valence-corrected chi connectivity index (χ0v) is 9.35. The average molecular weight is 236 g/mol. The summed E-state index contributed by atoms with van der Waals surface area (Å²) in [7, 11) is 0. The van der Waals surface area contributed by atoms with Crippen molar-refractivity contribution in [2.24, 2.45) is 0 Å². The minimum absolute atomic E-state index is 0.350. The van der Waals surface area contributed by atoms with E-state index in [1.165, 1.54) is 11.3 Å². The summed E-state index contributed by atoms with van der Waals surface area (Å²) in [6, 6.07) is 5.57. The van der Waals surface area contributed by atoms with E-state index >= 15 is 0 Å². The lowest BCUT2D eigenvalue weighted by atomic mass is 10.1. The first kappa shape index (κ1) is 10.1. The van der Waals surface area contributed by atoms with Gasteiger partial charge in [0.15, 0.2) is 0 Å². The molecule has 0 bridgehead atoms. The fraction of sp³-hybridized carbons (Fsp3) is 0. The fourth-order valence-electron chi connectivity index (χ4n) is 1.19. The zero-order chi connectivity index (χ0) is 10.7. The number of carboxylic acids is 1. The van der Waals surface area contributed by atoms with Gasteiger partial charge < -0.3 is 5.11 Å². The molecule has 0 aromatic carbocycles. The molecule has 0 amide bonds. The Kier molecular flexibility index (Phi) is 2.99. The summed E-state index contributed by atoms with van der Waals surface area (Å²) in [5.74, 6) is -0.886. The Hall–Kier alpha value is -1.39. The van der Waals surface area contributed by atoms with Gasteiger partial charge in [0.25, 0.3) is 0 Å². The largest absolute Gasteiger partial charge is 0.478 e. The molecule has 76 valence electrons. The van der Waals surface area contributed by atoms with Crippen LogP contribution < -0.4 is 0 Å². The van der Waals surface area contributed by atoms with Gasteiger partial charge in [-0.25, -0.2) is 4.79 Å². The van der Waals surface area contributed by atoms with E-state index in [0.29, 0.717) is 5.57 Å². The van der Waals surface area contributed by atoms with Crippen LogP contribution in [0.2, 0.25) is 0 Å². The Morgan fingerprint density at radius 2 is 2.20 bits per heavy atom. The van der Waals surface area contributed by atoms with Gasteiger partial charge >= 0.3 is 5.97 Å². The summed E-state index contributed by atoms with van der Waals surface area (Å²) in [6.45, 7) is 0. The predicted octanol–water partition coefficient (Wildman–Crippen LogP) is 3.43. The lowest BCUT2D eigenvalue weighted by Crippen LogP contribution is -1.97. The van der Waals surface area contributed by atoms with Gasteiger partial charge in [-0.1, -0.05) is 6.07 Å². The highest BCUT2D eigenvalue weighted by molar-refractivity contribution is 7.11. The van der Waals surface area contributed by atoms with E-state index < -0.39 is 5.97 Å². The number of thiophene rings is 2. The van der Waals surface area contributed by atoms with E-state index in [2.05, 4.69) is 0 Å². The van der Waals surface area contributed by atoms with Crippen molar-refractivity contribution >= 4 is 40.3 Å². The SMILES string of the molecule is O=C(O)/C(=C\c1ccsc1)c1cccs1. The third-order valence-electron chi connectivity index (χ3n) is 1.87. The Labute approximate surface area is 95.1 Å². The summed E-state index contributed by atoms with van der Waals surface area (Å²) in [5.41, 5.74) is 1.29. The van der Waals surface area contributed by atoms with Crippen LogP contribution in [0.25, 0.3) is 11.6 Å². The Balaban J connectivity index is 2.41. The van der Waals surface area contributed by atoms with Crippen molar-refractivity contribution in [3.63, 3.8) is 0 Å². The molecule has 2 heterocycles. The Bertz CT molecular complexity index is 467. The molecule has 0 aliphatic carbocycles. The lowest BCUT2D eigenvalue weighted by Gasteiger charge is -1.97. The van der Waals surface area contributed by atoms with Crippen molar-refractivity contribution in [1.29, 1.82) is 0 Å². The van der Waals surface area contributed by atoms with E-state index in [1.807, 2.05) is 34.3 Å². The molecule has 0 aliphatic rings. The normalized spacial score (nSPS) is 11.6. The van der Waals surface area contributed by atoms with Crippen LogP contribution in [0.15, 0.2) is 34.3 Å². The highest BCUT2D eigenvalue weighted by atomic mass is 32.1. The molecule has 4 heteroatoms. The molecule has 0 atom stereocenters. The minimum atomic E-state index is -0.886. The maximum atomic E-state index is 11.1. The van der Waals surface area contributed by atoms with Crippen LogP contribution >= 0.6 is 22.7 Å². The molecular weight excluding hydrogens is 228 g/mol. The maximum absolute atomic E-state index is 11.1. The van der Waals surface area contributed by atoms with Gasteiger partial charge in [-0.15, -0.1) is 11.3 Å². The third-order valence-corrected chi connectivity index (χ3v) is 3.48. The quantitative estimate of drug-likeness (QED) is 0.829. The van der Waals surface area contributed by atoms with E-state index in [0.717, 1.165) is 10.4 Å². The van der Waals surface area contributed by atoms with E-state index in [9.17, 15) is 4.79 Å².